The zero-order valence-corrected chi connectivity index (χ0v) is 15.7. The summed E-state index contributed by atoms with van der Waals surface area (Å²) in [6.07, 6.45) is 8.27. The number of nitrogens with zero attached hydrogens (tertiary/aromatic N) is 3. The number of imidazole rings is 1. The minimum Gasteiger partial charge on any atom is -0.337 e. The molecule has 1 aromatic carbocycles. The first-order chi connectivity index (χ1) is 12.6. The van der Waals surface area contributed by atoms with Crippen molar-refractivity contribution in [2.45, 2.75) is 58.0 Å². The largest absolute Gasteiger partial charge is 0.337 e. The molecule has 5 heteroatoms. The number of aryl methyl sites for hydroxylation is 2. The van der Waals surface area contributed by atoms with E-state index in [2.05, 4.69) is 46.9 Å². The van der Waals surface area contributed by atoms with Crippen molar-refractivity contribution >= 4 is 6.03 Å². The van der Waals surface area contributed by atoms with E-state index in [4.69, 9.17) is 0 Å². The first-order valence-electron chi connectivity index (χ1n) is 9.76. The van der Waals surface area contributed by atoms with Crippen LogP contribution in [0, 0.1) is 13.8 Å². The van der Waals surface area contributed by atoms with Gasteiger partial charge in [0.15, 0.2) is 0 Å². The van der Waals surface area contributed by atoms with Gasteiger partial charge in [-0.3, -0.25) is 0 Å². The minimum atomic E-state index is 0.0667. The Morgan fingerprint density at radius 1 is 1.23 bits per heavy atom. The van der Waals surface area contributed by atoms with E-state index in [9.17, 15) is 4.79 Å². The molecule has 0 spiro atoms. The van der Waals surface area contributed by atoms with Gasteiger partial charge < -0.3 is 14.8 Å². The summed E-state index contributed by atoms with van der Waals surface area (Å²) in [7, 11) is 0. The van der Waals surface area contributed by atoms with Crippen molar-refractivity contribution in [2.75, 3.05) is 13.1 Å². The number of fused-ring (bicyclic) bond motifs is 1. The molecule has 0 saturated carbocycles. The molecule has 1 N–H and O–H groups in total. The van der Waals surface area contributed by atoms with Gasteiger partial charge in [0.25, 0.3) is 0 Å². The number of amides is 2. The number of carbonyl (C=O) groups excluding carboxylic acids is 1. The van der Waals surface area contributed by atoms with Gasteiger partial charge in [-0.05, 0) is 56.2 Å². The maximum atomic E-state index is 12.9. The monoisotopic (exact) mass is 352 g/mol. The van der Waals surface area contributed by atoms with Gasteiger partial charge in [-0.15, -0.1) is 0 Å². The van der Waals surface area contributed by atoms with E-state index < -0.39 is 0 Å². The van der Waals surface area contributed by atoms with Crippen molar-refractivity contribution in [3.05, 3.63) is 53.1 Å². The van der Waals surface area contributed by atoms with Gasteiger partial charge in [0, 0.05) is 37.9 Å². The van der Waals surface area contributed by atoms with E-state index in [0.29, 0.717) is 12.5 Å². The molecule has 2 amide bonds. The van der Waals surface area contributed by atoms with E-state index in [1.807, 2.05) is 17.3 Å². The van der Waals surface area contributed by atoms with E-state index in [1.165, 1.54) is 16.7 Å². The predicted octanol–water partition coefficient (Wildman–Crippen LogP) is 3.92. The Kier molecular flexibility index (Phi) is 4.70. The summed E-state index contributed by atoms with van der Waals surface area (Å²) >= 11 is 0. The second-order valence-corrected chi connectivity index (χ2v) is 7.64. The molecule has 2 aromatic rings. The Morgan fingerprint density at radius 2 is 2.08 bits per heavy atom. The van der Waals surface area contributed by atoms with Crippen LogP contribution in [-0.2, 0) is 6.54 Å². The average Bonchev–Trinajstić information content (AvgIpc) is 3.31. The van der Waals surface area contributed by atoms with Crippen LogP contribution in [0.15, 0.2) is 30.6 Å². The average molecular weight is 352 g/mol. The molecule has 0 bridgehead atoms. The lowest BCUT2D eigenvalue weighted by Gasteiger charge is -2.29. The third kappa shape index (κ3) is 3.11. The predicted molar refractivity (Wildman–Crippen MR) is 102 cm³/mol. The molecule has 2 aliphatic rings. The second kappa shape index (κ2) is 7.14. The number of hydrogen-bond acceptors (Lipinski definition) is 2. The van der Waals surface area contributed by atoms with Crippen molar-refractivity contribution in [1.29, 1.82) is 0 Å². The molecular formula is C21H28N4O. The number of aromatic nitrogens is 2. The SMILES string of the molecule is Cc1cccc(C2CCCN2C(=O)NCC2CCCn3ccnc32)c1C. The lowest BCUT2D eigenvalue weighted by Crippen LogP contribution is -2.41. The highest BCUT2D eigenvalue weighted by Gasteiger charge is 2.31. The normalized spacial score (nSPS) is 22.3. The quantitative estimate of drug-likeness (QED) is 0.910. The molecule has 0 aliphatic carbocycles. The third-order valence-electron chi connectivity index (χ3n) is 6.08. The highest BCUT2D eigenvalue weighted by molar-refractivity contribution is 5.75. The highest BCUT2D eigenvalue weighted by Crippen LogP contribution is 2.34. The van der Waals surface area contributed by atoms with Crippen LogP contribution in [-0.4, -0.2) is 33.6 Å². The minimum absolute atomic E-state index is 0.0667. The first-order valence-corrected chi connectivity index (χ1v) is 9.76. The summed E-state index contributed by atoms with van der Waals surface area (Å²) in [4.78, 5) is 19.4. The van der Waals surface area contributed by atoms with E-state index in [1.54, 1.807) is 0 Å². The molecule has 2 unspecified atom stereocenters. The fourth-order valence-corrected chi connectivity index (χ4v) is 4.48. The Bertz CT molecular complexity index is 797. The van der Waals surface area contributed by atoms with Crippen molar-refractivity contribution in [3.63, 3.8) is 0 Å². The summed E-state index contributed by atoms with van der Waals surface area (Å²) in [5, 5.41) is 3.19. The zero-order valence-electron chi connectivity index (χ0n) is 15.7. The van der Waals surface area contributed by atoms with Crippen LogP contribution in [0.2, 0.25) is 0 Å². The topological polar surface area (TPSA) is 50.2 Å². The lowest BCUT2D eigenvalue weighted by atomic mass is 9.96. The van der Waals surface area contributed by atoms with Gasteiger partial charge in [0.2, 0.25) is 0 Å². The standard InChI is InChI=1S/C21H28N4O/c1-15-6-3-8-18(16(15)2)19-9-5-12-25(19)21(26)23-14-17-7-4-11-24-13-10-22-20(17)24/h3,6,8,10,13,17,19H,4-5,7,9,11-12,14H2,1-2H3,(H,23,26). The van der Waals surface area contributed by atoms with Crippen molar-refractivity contribution in [3.8, 4) is 0 Å². The number of likely N-dealkylation sites (tertiary alicyclic amines) is 1. The first kappa shape index (κ1) is 17.1. The van der Waals surface area contributed by atoms with E-state index >= 15 is 0 Å². The van der Waals surface area contributed by atoms with Crippen LogP contribution in [0.3, 0.4) is 0 Å². The van der Waals surface area contributed by atoms with Crippen molar-refractivity contribution in [2.24, 2.45) is 0 Å². The van der Waals surface area contributed by atoms with Gasteiger partial charge in [-0.25, -0.2) is 9.78 Å². The van der Waals surface area contributed by atoms with E-state index in [0.717, 1.165) is 44.6 Å². The molecule has 1 fully saturated rings. The zero-order chi connectivity index (χ0) is 18.1. The number of urea groups is 1. The number of benzene rings is 1. The lowest BCUT2D eigenvalue weighted by molar-refractivity contribution is 0.191. The molecule has 1 aromatic heterocycles. The van der Waals surface area contributed by atoms with E-state index in [-0.39, 0.29) is 12.1 Å². The van der Waals surface area contributed by atoms with Gasteiger partial charge in [0.05, 0.1) is 6.04 Å². The fourth-order valence-electron chi connectivity index (χ4n) is 4.48. The molecule has 1 saturated heterocycles. The maximum Gasteiger partial charge on any atom is 0.317 e. The molecule has 0 radical (unpaired) electrons. The Hall–Kier alpha value is -2.30. The summed E-state index contributed by atoms with van der Waals surface area (Å²) < 4.78 is 2.22. The fraction of sp³-hybridized carbons (Fsp3) is 0.524. The molecule has 4 rings (SSSR count). The molecule has 2 atom stereocenters. The smallest absolute Gasteiger partial charge is 0.317 e. The van der Waals surface area contributed by atoms with Crippen LogP contribution >= 0.6 is 0 Å². The highest BCUT2D eigenvalue weighted by atomic mass is 16.2. The Labute approximate surface area is 155 Å². The number of carbonyl (C=O) groups is 1. The number of rotatable bonds is 3. The van der Waals surface area contributed by atoms with Crippen LogP contribution in [0.5, 0.6) is 0 Å². The van der Waals surface area contributed by atoms with Crippen molar-refractivity contribution < 1.29 is 4.79 Å². The summed E-state index contributed by atoms with van der Waals surface area (Å²) in [5.74, 6) is 1.44. The van der Waals surface area contributed by atoms with Crippen molar-refractivity contribution in [1.82, 2.24) is 19.8 Å². The Balaban J connectivity index is 1.44. The van der Waals surface area contributed by atoms with Crippen LogP contribution in [0.4, 0.5) is 4.79 Å². The number of nitrogens with one attached hydrogen (secondary N) is 1. The Morgan fingerprint density at radius 3 is 2.96 bits per heavy atom. The summed E-state index contributed by atoms with van der Waals surface area (Å²) in [6.45, 7) is 6.86. The van der Waals surface area contributed by atoms with Gasteiger partial charge in [0.1, 0.15) is 5.82 Å². The summed E-state index contributed by atoms with van der Waals surface area (Å²) in [6, 6.07) is 6.69. The second-order valence-electron chi connectivity index (χ2n) is 7.64. The van der Waals surface area contributed by atoms with Gasteiger partial charge >= 0.3 is 6.03 Å². The maximum absolute atomic E-state index is 12.9. The third-order valence-corrected chi connectivity index (χ3v) is 6.08. The van der Waals surface area contributed by atoms with Crippen LogP contribution < -0.4 is 5.32 Å². The van der Waals surface area contributed by atoms with Crippen LogP contribution in [0.25, 0.3) is 0 Å². The molecule has 138 valence electrons. The van der Waals surface area contributed by atoms with Crippen LogP contribution in [0.1, 0.15) is 60.2 Å². The molecule has 26 heavy (non-hydrogen) atoms. The molecule has 3 heterocycles. The molecule has 5 nitrogen and oxygen atoms in total. The molecule has 2 aliphatic heterocycles. The number of hydrogen-bond donors (Lipinski definition) is 1. The van der Waals surface area contributed by atoms with Gasteiger partial charge in [-0.1, -0.05) is 18.2 Å². The summed E-state index contributed by atoms with van der Waals surface area (Å²) in [5.41, 5.74) is 3.90. The molecular weight excluding hydrogens is 324 g/mol. The van der Waals surface area contributed by atoms with Gasteiger partial charge in [-0.2, -0.15) is 0 Å².